The van der Waals surface area contributed by atoms with E-state index >= 15 is 0 Å². The first-order chi connectivity index (χ1) is 9.36. The van der Waals surface area contributed by atoms with Crippen LogP contribution in [0.3, 0.4) is 0 Å². The van der Waals surface area contributed by atoms with Crippen LogP contribution in [0.5, 0.6) is 0 Å². The number of nitrogens with zero attached hydrogens (tertiary/aromatic N) is 1. The summed E-state index contributed by atoms with van der Waals surface area (Å²) in [4.78, 5) is 5.78. The second kappa shape index (κ2) is 5.74. The maximum atomic E-state index is 5.67. The largest absolute Gasteiger partial charge is 0.374 e. The van der Waals surface area contributed by atoms with Crippen LogP contribution in [0.15, 0.2) is 30.5 Å². The third-order valence-electron chi connectivity index (χ3n) is 3.86. The Morgan fingerprint density at radius 3 is 3.16 bits per heavy atom. The number of nitrogens with one attached hydrogen (secondary N) is 1. The van der Waals surface area contributed by atoms with Gasteiger partial charge in [-0.05, 0) is 18.1 Å². The number of ether oxygens (including phenoxy) is 1. The lowest BCUT2D eigenvalue weighted by Gasteiger charge is -2.32. The minimum absolute atomic E-state index is 0.205. The molecular formula is C15H21N3O. The average Bonchev–Trinajstić information content (AvgIpc) is 2.89. The Kier molecular flexibility index (Phi) is 3.82. The van der Waals surface area contributed by atoms with Crippen molar-refractivity contribution >= 4 is 10.9 Å². The molecule has 0 saturated carbocycles. The standard InChI is InChI=1S/C15H21N3O/c16-9-13-11-18(7-8-19-13)6-5-12-10-17-15-4-2-1-3-14(12)15/h1-4,10,13,17H,5-9,11,16H2. The second-order valence-electron chi connectivity index (χ2n) is 5.14. The number of morpholine rings is 1. The van der Waals surface area contributed by atoms with Crippen molar-refractivity contribution in [1.29, 1.82) is 0 Å². The Morgan fingerprint density at radius 1 is 1.37 bits per heavy atom. The lowest BCUT2D eigenvalue weighted by atomic mass is 10.1. The first-order valence-corrected chi connectivity index (χ1v) is 6.96. The highest BCUT2D eigenvalue weighted by atomic mass is 16.5. The normalized spacial score (nSPS) is 21.0. The van der Waals surface area contributed by atoms with Gasteiger partial charge in [-0.25, -0.2) is 0 Å². The highest BCUT2D eigenvalue weighted by Gasteiger charge is 2.18. The molecule has 0 bridgehead atoms. The van der Waals surface area contributed by atoms with Crippen molar-refractivity contribution in [2.24, 2.45) is 5.73 Å². The molecule has 1 fully saturated rings. The number of para-hydroxylation sites is 1. The third-order valence-corrected chi connectivity index (χ3v) is 3.86. The molecular weight excluding hydrogens is 238 g/mol. The van der Waals surface area contributed by atoms with Crippen molar-refractivity contribution in [1.82, 2.24) is 9.88 Å². The molecule has 2 heterocycles. The zero-order chi connectivity index (χ0) is 13.1. The smallest absolute Gasteiger partial charge is 0.0824 e. The summed E-state index contributed by atoms with van der Waals surface area (Å²) in [5, 5.41) is 1.34. The molecule has 1 aliphatic heterocycles. The average molecular weight is 259 g/mol. The highest BCUT2D eigenvalue weighted by molar-refractivity contribution is 5.83. The van der Waals surface area contributed by atoms with E-state index in [4.69, 9.17) is 10.5 Å². The van der Waals surface area contributed by atoms with Gasteiger partial charge < -0.3 is 15.5 Å². The number of hydrogen-bond acceptors (Lipinski definition) is 3. The summed E-state index contributed by atoms with van der Waals surface area (Å²) in [6.07, 6.45) is 3.41. The first-order valence-electron chi connectivity index (χ1n) is 6.96. The Bertz CT molecular complexity index is 537. The van der Waals surface area contributed by atoms with Crippen molar-refractivity contribution < 1.29 is 4.74 Å². The van der Waals surface area contributed by atoms with E-state index < -0.39 is 0 Å². The van der Waals surface area contributed by atoms with E-state index in [1.807, 2.05) is 0 Å². The molecule has 3 rings (SSSR count). The molecule has 3 N–H and O–H groups in total. The van der Waals surface area contributed by atoms with Gasteiger partial charge in [0.2, 0.25) is 0 Å². The van der Waals surface area contributed by atoms with Gasteiger partial charge in [0.25, 0.3) is 0 Å². The van der Waals surface area contributed by atoms with Gasteiger partial charge in [0.05, 0.1) is 12.7 Å². The number of fused-ring (bicyclic) bond motifs is 1. The number of H-pyrrole nitrogens is 1. The Morgan fingerprint density at radius 2 is 2.26 bits per heavy atom. The van der Waals surface area contributed by atoms with Crippen LogP contribution < -0.4 is 5.73 Å². The van der Waals surface area contributed by atoms with Crippen LogP contribution in [0, 0.1) is 0 Å². The number of benzene rings is 1. The van der Waals surface area contributed by atoms with E-state index in [-0.39, 0.29) is 6.10 Å². The van der Waals surface area contributed by atoms with Crippen LogP contribution in [0.4, 0.5) is 0 Å². The van der Waals surface area contributed by atoms with Crippen LogP contribution in [0.2, 0.25) is 0 Å². The van der Waals surface area contributed by atoms with Crippen molar-refractivity contribution in [3.63, 3.8) is 0 Å². The molecule has 1 aromatic heterocycles. The number of aromatic nitrogens is 1. The van der Waals surface area contributed by atoms with E-state index in [2.05, 4.69) is 40.3 Å². The summed E-state index contributed by atoms with van der Waals surface area (Å²) in [5.41, 5.74) is 8.29. The number of nitrogens with two attached hydrogens (primary N) is 1. The lowest BCUT2D eigenvalue weighted by molar-refractivity contribution is -0.0226. The van der Waals surface area contributed by atoms with E-state index in [1.165, 1.54) is 16.5 Å². The topological polar surface area (TPSA) is 54.3 Å². The van der Waals surface area contributed by atoms with Crippen LogP contribution in [0.25, 0.3) is 10.9 Å². The third kappa shape index (κ3) is 2.81. The van der Waals surface area contributed by atoms with Gasteiger partial charge in [0, 0.05) is 43.3 Å². The van der Waals surface area contributed by atoms with Crippen LogP contribution in [-0.2, 0) is 11.2 Å². The molecule has 19 heavy (non-hydrogen) atoms. The van der Waals surface area contributed by atoms with Gasteiger partial charge in [-0.1, -0.05) is 18.2 Å². The molecule has 2 aromatic rings. The summed E-state index contributed by atoms with van der Waals surface area (Å²) in [5.74, 6) is 0. The van der Waals surface area contributed by atoms with Crippen molar-refractivity contribution in [2.45, 2.75) is 12.5 Å². The maximum Gasteiger partial charge on any atom is 0.0824 e. The molecule has 0 aliphatic carbocycles. The zero-order valence-electron chi connectivity index (χ0n) is 11.1. The van der Waals surface area contributed by atoms with Gasteiger partial charge in [-0.3, -0.25) is 4.90 Å². The van der Waals surface area contributed by atoms with Gasteiger partial charge in [0.1, 0.15) is 0 Å². The fourth-order valence-electron chi connectivity index (χ4n) is 2.74. The zero-order valence-corrected chi connectivity index (χ0v) is 11.1. The minimum Gasteiger partial charge on any atom is -0.374 e. The number of aromatic amines is 1. The Hall–Kier alpha value is -1.36. The summed E-state index contributed by atoms with van der Waals surface area (Å²) < 4.78 is 5.59. The highest BCUT2D eigenvalue weighted by Crippen LogP contribution is 2.18. The molecule has 4 heteroatoms. The molecule has 1 saturated heterocycles. The summed E-state index contributed by atoms with van der Waals surface area (Å²) in [6, 6.07) is 8.47. The van der Waals surface area contributed by atoms with E-state index in [1.54, 1.807) is 0 Å². The van der Waals surface area contributed by atoms with Gasteiger partial charge in [-0.2, -0.15) is 0 Å². The monoisotopic (exact) mass is 259 g/mol. The van der Waals surface area contributed by atoms with E-state index in [9.17, 15) is 0 Å². The van der Waals surface area contributed by atoms with Gasteiger partial charge in [-0.15, -0.1) is 0 Å². The molecule has 0 radical (unpaired) electrons. The van der Waals surface area contributed by atoms with Crippen molar-refractivity contribution in [2.75, 3.05) is 32.8 Å². The van der Waals surface area contributed by atoms with Crippen molar-refractivity contribution in [3.8, 4) is 0 Å². The first kappa shape index (κ1) is 12.7. The van der Waals surface area contributed by atoms with Crippen molar-refractivity contribution in [3.05, 3.63) is 36.0 Å². The quantitative estimate of drug-likeness (QED) is 0.872. The predicted octanol–water partition coefficient (Wildman–Crippen LogP) is 1.37. The SMILES string of the molecule is NCC1CN(CCc2c[nH]c3ccccc23)CCO1. The van der Waals surface area contributed by atoms with Gasteiger partial charge in [0.15, 0.2) is 0 Å². The Balaban J connectivity index is 1.63. The van der Waals surface area contributed by atoms with Gasteiger partial charge >= 0.3 is 0 Å². The van der Waals surface area contributed by atoms with Crippen LogP contribution in [0.1, 0.15) is 5.56 Å². The summed E-state index contributed by atoms with van der Waals surface area (Å²) in [6.45, 7) is 4.46. The van der Waals surface area contributed by atoms with E-state index in [0.29, 0.717) is 6.54 Å². The molecule has 1 aromatic carbocycles. The maximum absolute atomic E-state index is 5.67. The predicted molar refractivity (Wildman–Crippen MR) is 77.2 cm³/mol. The van der Waals surface area contributed by atoms with E-state index in [0.717, 1.165) is 32.7 Å². The molecule has 0 amide bonds. The molecule has 1 atom stereocenters. The minimum atomic E-state index is 0.205. The molecule has 1 unspecified atom stereocenters. The fraction of sp³-hybridized carbons (Fsp3) is 0.467. The fourth-order valence-corrected chi connectivity index (χ4v) is 2.74. The summed E-state index contributed by atoms with van der Waals surface area (Å²) in [7, 11) is 0. The lowest BCUT2D eigenvalue weighted by Crippen LogP contribution is -2.46. The van der Waals surface area contributed by atoms with Crippen LogP contribution in [-0.4, -0.2) is 48.8 Å². The molecule has 0 spiro atoms. The summed E-state index contributed by atoms with van der Waals surface area (Å²) >= 11 is 0. The van der Waals surface area contributed by atoms with Crippen LogP contribution >= 0.6 is 0 Å². The number of hydrogen-bond donors (Lipinski definition) is 2. The molecule has 1 aliphatic rings. The second-order valence-corrected chi connectivity index (χ2v) is 5.14. The molecule has 102 valence electrons. The number of rotatable bonds is 4. The molecule has 4 nitrogen and oxygen atoms in total. The Labute approximate surface area is 113 Å².